The quantitative estimate of drug-likeness (QED) is 0.735. The number of benzene rings is 1. The Kier molecular flexibility index (Phi) is 4.04. The van der Waals surface area contributed by atoms with Crippen LogP contribution in [0.3, 0.4) is 0 Å². The van der Waals surface area contributed by atoms with E-state index in [0.29, 0.717) is 0 Å². The molecule has 5 nitrogen and oxygen atoms in total. The molecule has 3 aliphatic rings. The Labute approximate surface area is 170 Å². The Balaban J connectivity index is 1.54. The molecule has 0 radical (unpaired) electrons. The summed E-state index contributed by atoms with van der Waals surface area (Å²) in [4.78, 5) is 36.1. The lowest BCUT2D eigenvalue weighted by Crippen LogP contribution is -2.34. The normalized spacial score (nSPS) is 32.9. The number of nitrogens with zero attached hydrogens (tertiary/aromatic N) is 2. The Bertz CT molecular complexity index is 1040. The number of ketones is 2. The first-order valence-corrected chi connectivity index (χ1v) is 10.4. The van der Waals surface area contributed by atoms with Crippen molar-refractivity contribution >= 4 is 11.6 Å². The minimum atomic E-state index is -0.650. The van der Waals surface area contributed by atoms with E-state index in [4.69, 9.17) is 9.72 Å². The number of aryl methyl sites for hydroxylation is 5. The molecule has 1 aromatic carbocycles. The zero-order valence-electron chi connectivity index (χ0n) is 17.5. The molecule has 3 heterocycles. The summed E-state index contributed by atoms with van der Waals surface area (Å²) in [6.07, 6.45) is 2.04. The molecular weight excluding hydrogens is 364 g/mol. The van der Waals surface area contributed by atoms with E-state index in [-0.39, 0.29) is 41.5 Å². The van der Waals surface area contributed by atoms with Crippen LogP contribution in [0.5, 0.6) is 0 Å². The number of fused-ring (bicyclic) bond motifs is 5. The van der Waals surface area contributed by atoms with Gasteiger partial charge in [-0.2, -0.15) is 0 Å². The van der Waals surface area contributed by atoms with Crippen LogP contribution in [0.1, 0.15) is 57.6 Å². The molecule has 1 saturated carbocycles. The third-order valence-corrected chi connectivity index (χ3v) is 7.07. The first-order valence-electron chi connectivity index (χ1n) is 10.4. The van der Waals surface area contributed by atoms with Gasteiger partial charge in [-0.25, -0.2) is 0 Å². The van der Waals surface area contributed by atoms with Gasteiger partial charge in [-0.15, -0.1) is 0 Å². The summed E-state index contributed by atoms with van der Waals surface area (Å²) in [5.74, 6) is -1.21. The van der Waals surface area contributed by atoms with Gasteiger partial charge >= 0.3 is 0 Å². The van der Waals surface area contributed by atoms with Crippen molar-refractivity contribution in [3.8, 4) is 0 Å². The van der Waals surface area contributed by atoms with Gasteiger partial charge in [0.1, 0.15) is 5.92 Å². The van der Waals surface area contributed by atoms with E-state index in [1.807, 2.05) is 34.6 Å². The minimum Gasteiger partial charge on any atom is -0.373 e. The first-order chi connectivity index (χ1) is 13.8. The van der Waals surface area contributed by atoms with Crippen molar-refractivity contribution in [1.29, 1.82) is 0 Å². The summed E-state index contributed by atoms with van der Waals surface area (Å²) in [6, 6.07) is 4.13. The van der Waals surface area contributed by atoms with Crippen molar-refractivity contribution in [1.82, 2.24) is 9.97 Å². The summed E-state index contributed by atoms with van der Waals surface area (Å²) < 4.78 is 6.20. The van der Waals surface area contributed by atoms with Crippen molar-refractivity contribution in [3.05, 3.63) is 57.7 Å². The van der Waals surface area contributed by atoms with E-state index >= 15 is 0 Å². The van der Waals surface area contributed by atoms with Gasteiger partial charge in [-0.05, 0) is 57.7 Å². The molecule has 29 heavy (non-hydrogen) atoms. The van der Waals surface area contributed by atoms with Gasteiger partial charge in [0, 0.05) is 12.1 Å². The number of ether oxygens (including phenoxy) is 1. The largest absolute Gasteiger partial charge is 0.373 e. The average Bonchev–Trinajstić information content (AvgIpc) is 3.30. The number of hydrogen-bond acceptors (Lipinski definition) is 5. The van der Waals surface area contributed by atoms with Crippen molar-refractivity contribution in [2.45, 2.75) is 65.1 Å². The maximum Gasteiger partial charge on any atom is 0.154 e. The third kappa shape index (κ3) is 2.56. The second-order valence-electron chi connectivity index (χ2n) is 9.07. The minimum absolute atomic E-state index is 0.0318. The second-order valence-corrected chi connectivity index (χ2v) is 9.07. The molecule has 3 fully saturated rings. The third-order valence-electron chi connectivity index (χ3n) is 7.07. The number of carbonyl (C=O) groups is 2. The summed E-state index contributed by atoms with van der Waals surface area (Å²) in [6.45, 7) is 9.93. The van der Waals surface area contributed by atoms with Gasteiger partial charge in [0.05, 0.1) is 41.1 Å². The second kappa shape index (κ2) is 6.30. The first kappa shape index (κ1) is 18.6. The highest BCUT2D eigenvalue weighted by Crippen LogP contribution is 2.57. The van der Waals surface area contributed by atoms with Gasteiger partial charge in [0.25, 0.3) is 0 Å². The van der Waals surface area contributed by atoms with E-state index in [9.17, 15) is 9.59 Å². The van der Waals surface area contributed by atoms with Crippen molar-refractivity contribution in [2.75, 3.05) is 0 Å². The molecule has 150 valence electrons. The molecule has 1 aromatic heterocycles. The van der Waals surface area contributed by atoms with Crippen molar-refractivity contribution < 1.29 is 14.3 Å². The molecule has 0 amide bonds. The van der Waals surface area contributed by atoms with Crippen molar-refractivity contribution in [3.63, 3.8) is 0 Å². The molecule has 1 unspecified atom stereocenters. The van der Waals surface area contributed by atoms with Gasteiger partial charge in [0.15, 0.2) is 11.6 Å². The fourth-order valence-electron chi connectivity index (χ4n) is 6.07. The van der Waals surface area contributed by atoms with Crippen molar-refractivity contribution in [2.24, 2.45) is 11.8 Å². The van der Waals surface area contributed by atoms with Crippen LogP contribution in [-0.2, 0) is 14.3 Å². The molecule has 2 aromatic rings. The molecule has 1 aliphatic carbocycles. The van der Waals surface area contributed by atoms with Gasteiger partial charge in [-0.1, -0.05) is 17.7 Å². The Morgan fingerprint density at radius 3 is 2.31 bits per heavy atom. The molecule has 2 aliphatic heterocycles. The van der Waals surface area contributed by atoms with Crippen LogP contribution in [0.2, 0.25) is 0 Å². The molecule has 5 heteroatoms. The smallest absolute Gasteiger partial charge is 0.154 e. The summed E-state index contributed by atoms with van der Waals surface area (Å²) in [5, 5.41) is 0. The van der Waals surface area contributed by atoms with Crippen LogP contribution in [0.15, 0.2) is 18.3 Å². The molecule has 6 atom stereocenters. The lowest BCUT2D eigenvalue weighted by Gasteiger charge is -2.26. The molecular formula is C24H26N2O3. The predicted octanol–water partition coefficient (Wildman–Crippen LogP) is 3.44. The van der Waals surface area contributed by atoms with Crippen LogP contribution < -0.4 is 0 Å². The average molecular weight is 390 g/mol. The molecule has 0 N–H and O–H groups in total. The molecule has 2 saturated heterocycles. The van der Waals surface area contributed by atoms with E-state index < -0.39 is 5.92 Å². The fraction of sp³-hybridized carbons (Fsp3) is 0.500. The van der Waals surface area contributed by atoms with Crippen LogP contribution >= 0.6 is 0 Å². The number of rotatable bonds is 2. The van der Waals surface area contributed by atoms with E-state index in [0.717, 1.165) is 45.8 Å². The van der Waals surface area contributed by atoms with E-state index in [1.165, 1.54) is 0 Å². The fourth-order valence-corrected chi connectivity index (χ4v) is 6.07. The standard InChI is InChI=1S/C24H26N2O3/c1-10-6-11(2)17(12(3)7-10)19-22(27)18-16-8-15(24(29-16)20(18)23(19)28)21-14(5)25-9-13(4)26-21/h6-7,9,15-16,18-20,24H,8H2,1-5H3/t15-,16-,18-,19?,20+,24+/m0/s1. The number of hydrogen-bond donors (Lipinski definition) is 0. The Morgan fingerprint density at radius 2 is 1.62 bits per heavy atom. The Morgan fingerprint density at radius 1 is 0.966 bits per heavy atom. The van der Waals surface area contributed by atoms with E-state index in [1.54, 1.807) is 6.20 Å². The van der Waals surface area contributed by atoms with Gasteiger partial charge in [-0.3, -0.25) is 19.6 Å². The van der Waals surface area contributed by atoms with E-state index in [2.05, 4.69) is 17.1 Å². The lowest BCUT2D eigenvalue weighted by atomic mass is 9.74. The Hall–Kier alpha value is -2.40. The van der Waals surface area contributed by atoms with Gasteiger partial charge < -0.3 is 4.74 Å². The summed E-state index contributed by atoms with van der Waals surface area (Å²) in [7, 11) is 0. The molecule has 0 spiro atoms. The number of Topliss-reactive ketones (excluding diaryl/α,β-unsaturated/α-hetero) is 2. The summed E-state index contributed by atoms with van der Waals surface area (Å²) in [5.41, 5.74) is 6.77. The van der Waals surface area contributed by atoms with Crippen LogP contribution in [-0.4, -0.2) is 33.7 Å². The number of aromatic nitrogens is 2. The predicted molar refractivity (Wildman–Crippen MR) is 108 cm³/mol. The highest BCUT2D eigenvalue weighted by molar-refractivity contribution is 6.17. The topological polar surface area (TPSA) is 69.2 Å². The maximum absolute atomic E-state index is 13.6. The SMILES string of the molecule is Cc1cc(C)c(C2C(=O)[C@@H]3[C@@H]4O[C@@H](C[C@H]4c4nc(C)cnc4C)[C@@H]3C2=O)c(C)c1. The monoisotopic (exact) mass is 390 g/mol. The highest BCUT2D eigenvalue weighted by Gasteiger charge is 2.66. The van der Waals surface area contributed by atoms with Gasteiger partial charge in [0.2, 0.25) is 0 Å². The zero-order chi connectivity index (χ0) is 20.6. The lowest BCUT2D eigenvalue weighted by molar-refractivity contribution is -0.127. The van der Waals surface area contributed by atoms with Crippen LogP contribution in [0, 0.1) is 46.5 Å². The molecule has 5 rings (SSSR count). The summed E-state index contributed by atoms with van der Waals surface area (Å²) >= 11 is 0. The highest BCUT2D eigenvalue weighted by atomic mass is 16.5. The zero-order valence-corrected chi connectivity index (χ0v) is 17.5. The molecule has 2 bridgehead atoms. The number of carbonyl (C=O) groups excluding carboxylic acids is 2. The van der Waals surface area contributed by atoms with Crippen LogP contribution in [0.25, 0.3) is 0 Å². The maximum atomic E-state index is 13.6. The van der Waals surface area contributed by atoms with Crippen LogP contribution in [0.4, 0.5) is 0 Å².